The average molecular weight is 343 g/mol. The molecule has 1 fully saturated rings. The van der Waals surface area contributed by atoms with Crippen LogP contribution in [-0.2, 0) is 6.61 Å². The van der Waals surface area contributed by atoms with E-state index in [1.165, 1.54) is 36.2 Å². The number of amides is 1. The highest BCUT2D eigenvalue weighted by Crippen LogP contribution is 2.25. The molecule has 2 atom stereocenters. The van der Waals surface area contributed by atoms with Gasteiger partial charge in [0.05, 0.1) is 4.88 Å². The van der Waals surface area contributed by atoms with Gasteiger partial charge in [-0.25, -0.2) is 0 Å². The molecule has 0 aliphatic heterocycles. The second kappa shape index (κ2) is 7.84. The summed E-state index contributed by atoms with van der Waals surface area (Å²) in [6, 6.07) is 10.3. The Hall–Kier alpha value is -1.81. The van der Waals surface area contributed by atoms with Crippen LogP contribution in [0.15, 0.2) is 35.7 Å². The smallest absolute Gasteiger partial charge is 0.261 e. The zero-order valence-electron chi connectivity index (χ0n) is 14.4. The lowest BCUT2D eigenvalue weighted by Gasteiger charge is -2.29. The van der Waals surface area contributed by atoms with Gasteiger partial charge in [-0.1, -0.05) is 31.9 Å². The molecule has 0 saturated heterocycles. The maximum absolute atomic E-state index is 12.4. The summed E-state index contributed by atoms with van der Waals surface area (Å²) < 4.78 is 5.81. The molecule has 2 unspecified atom stereocenters. The van der Waals surface area contributed by atoms with Gasteiger partial charge in [-0.05, 0) is 54.8 Å². The van der Waals surface area contributed by atoms with Crippen LogP contribution >= 0.6 is 11.3 Å². The molecule has 1 amide bonds. The van der Waals surface area contributed by atoms with Crippen molar-refractivity contribution in [3.05, 3.63) is 51.7 Å². The highest BCUT2D eigenvalue weighted by Gasteiger charge is 2.23. The molecule has 3 nitrogen and oxygen atoms in total. The Balaban J connectivity index is 1.55. The van der Waals surface area contributed by atoms with Gasteiger partial charge in [0.25, 0.3) is 5.91 Å². The van der Waals surface area contributed by atoms with Gasteiger partial charge in [-0.3, -0.25) is 4.79 Å². The van der Waals surface area contributed by atoms with Crippen LogP contribution in [-0.4, -0.2) is 11.9 Å². The Morgan fingerprint density at radius 1 is 1.29 bits per heavy atom. The number of ether oxygens (including phenoxy) is 1. The maximum atomic E-state index is 12.4. The number of rotatable bonds is 5. The first-order valence-electron chi connectivity index (χ1n) is 8.69. The van der Waals surface area contributed by atoms with Gasteiger partial charge in [-0.2, -0.15) is 0 Å². The Morgan fingerprint density at radius 3 is 2.92 bits per heavy atom. The monoisotopic (exact) mass is 343 g/mol. The van der Waals surface area contributed by atoms with Crippen LogP contribution in [0.2, 0.25) is 0 Å². The van der Waals surface area contributed by atoms with E-state index in [1.54, 1.807) is 0 Å². The molecule has 1 aromatic carbocycles. The molecule has 1 aromatic heterocycles. The third-order valence-electron chi connectivity index (χ3n) is 4.70. The predicted molar refractivity (Wildman–Crippen MR) is 98.7 cm³/mol. The van der Waals surface area contributed by atoms with Crippen molar-refractivity contribution in [2.45, 2.75) is 52.2 Å². The molecule has 128 valence electrons. The van der Waals surface area contributed by atoms with E-state index >= 15 is 0 Å². The van der Waals surface area contributed by atoms with E-state index in [0.29, 0.717) is 18.6 Å². The SMILES string of the molecule is Cc1cccc(OCc2csc(C(=O)NC3CCCCC3C)c2)c1. The molecule has 3 rings (SSSR count). The second-order valence-electron chi connectivity index (χ2n) is 6.77. The van der Waals surface area contributed by atoms with E-state index in [1.807, 2.05) is 42.6 Å². The standard InChI is InChI=1S/C20H25NO2S/c1-14-6-5-8-17(10-14)23-12-16-11-19(24-13-16)20(22)21-18-9-4-3-7-15(18)2/h5-6,8,10-11,13,15,18H,3-4,7,9,12H2,1-2H3,(H,21,22). The van der Waals surface area contributed by atoms with Crippen molar-refractivity contribution in [1.29, 1.82) is 0 Å². The summed E-state index contributed by atoms with van der Waals surface area (Å²) in [5.74, 6) is 1.50. The van der Waals surface area contributed by atoms with Crippen molar-refractivity contribution in [2.75, 3.05) is 0 Å². The maximum Gasteiger partial charge on any atom is 0.261 e. The third kappa shape index (κ3) is 4.38. The largest absolute Gasteiger partial charge is 0.489 e. The lowest BCUT2D eigenvalue weighted by molar-refractivity contribution is 0.0914. The molecule has 0 bridgehead atoms. The number of thiophene rings is 1. The summed E-state index contributed by atoms with van der Waals surface area (Å²) in [4.78, 5) is 13.2. The number of aryl methyl sites for hydroxylation is 1. The van der Waals surface area contributed by atoms with Gasteiger partial charge in [0.2, 0.25) is 0 Å². The lowest BCUT2D eigenvalue weighted by Crippen LogP contribution is -2.40. The molecule has 1 heterocycles. The Morgan fingerprint density at radius 2 is 2.12 bits per heavy atom. The van der Waals surface area contributed by atoms with Gasteiger partial charge in [0.15, 0.2) is 0 Å². The van der Waals surface area contributed by atoms with E-state index in [0.717, 1.165) is 22.6 Å². The van der Waals surface area contributed by atoms with E-state index in [-0.39, 0.29) is 5.91 Å². The average Bonchev–Trinajstić information content (AvgIpc) is 3.04. The van der Waals surface area contributed by atoms with Crippen molar-refractivity contribution >= 4 is 17.2 Å². The topological polar surface area (TPSA) is 38.3 Å². The lowest BCUT2D eigenvalue weighted by atomic mass is 9.86. The number of hydrogen-bond acceptors (Lipinski definition) is 3. The van der Waals surface area contributed by atoms with Crippen molar-refractivity contribution in [2.24, 2.45) is 5.92 Å². The zero-order valence-corrected chi connectivity index (χ0v) is 15.2. The number of nitrogens with one attached hydrogen (secondary N) is 1. The minimum absolute atomic E-state index is 0.0561. The molecular formula is C20H25NO2S. The Bertz CT molecular complexity index is 694. The summed E-state index contributed by atoms with van der Waals surface area (Å²) >= 11 is 1.49. The van der Waals surface area contributed by atoms with Crippen LogP contribution < -0.4 is 10.1 Å². The normalized spacial score (nSPS) is 20.6. The van der Waals surface area contributed by atoms with E-state index in [2.05, 4.69) is 12.2 Å². The molecule has 0 spiro atoms. The first-order valence-corrected chi connectivity index (χ1v) is 9.57. The molecule has 1 aliphatic carbocycles. The highest BCUT2D eigenvalue weighted by atomic mass is 32.1. The molecular weight excluding hydrogens is 318 g/mol. The van der Waals surface area contributed by atoms with Crippen molar-refractivity contribution in [3.8, 4) is 5.75 Å². The van der Waals surface area contributed by atoms with Crippen LogP contribution in [0.1, 0.15) is 53.4 Å². The minimum atomic E-state index is 0.0561. The van der Waals surface area contributed by atoms with Crippen LogP contribution in [0.25, 0.3) is 0 Å². The number of carbonyl (C=O) groups excluding carboxylic acids is 1. The molecule has 1 N–H and O–H groups in total. The predicted octanol–water partition coefficient (Wildman–Crippen LogP) is 4.94. The summed E-state index contributed by atoms with van der Waals surface area (Å²) in [7, 11) is 0. The number of hydrogen-bond donors (Lipinski definition) is 1. The molecule has 1 aliphatic rings. The van der Waals surface area contributed by atoms with Crippen molar-refractivity contribution < 1.29 is 9.53 Å². The van der Waals surface area contributed by atoms with Gasteiger partial charge < -0.3 is 10.1 Å². The Labute approximate surface area is 148 Å². The van der Waals surface area contributed by atoms with Crippen molar-refractivity contribution in [1.82, 2.24) is 5.32 Å². The zero-order chi connectivity index (χ0) is 16.9. The van der Waals surface area contributed by atoms with E-state index < -0.39 is 0 Å². The fourth-order valence-corrected chi connectivity index (χ4v) is 4.01. The fourth-order valence-electron chi connectivity index (χ4n) is 3.21. The fraction of sp³-hybridized carbons (Fsp3) is 0.450. The van der Waals surface area contributed by atoms with Gasteiger partial charge in [0, 0.05) is 11.6 Å². The van der Waals surface area contributed by atoms with Crippen LogP contribution in [0.3, 0.4) is 0 Å². The van der Waals surface area contributed by atoms with Crippen LogP contribution in [0.5, 0.6) is 5.75 Å². The summed E-state index contributed by atoms with van der Waals surface area (Å²) in [5.41, 5.74) is 2.22. The van der Waals surface area contributed by atoms with Gasteiger partial charge in [-0.15, -0.1) is 11.3 Å². The van der Waals surface area contributed by atoms with Gasteiger partial charge >= 0.3 is 0 Å². The molecule has 4 heteroatoms. The first kappa shape index (κ1) is 17.0. The van der Waals surface area contributed by atoms with Gasteiger partial charge in [0.1, 0.15) is 12.4 Å². The highest BCUT2D eigenvalue weighted by molar-refractivity contribution is 7.12. The van der Waals surface area contributed by atoms with Crippen molar-refractivity contribution in [3.63, 3.8) is 0 Å². The Kier molecular flexibility index (Phi) is 5.56. The van der Waals surface area contributed by atoms with Crippen LogP contribution in [0.4, 0.5) is 0 Å². The second-order valence-corrected chi connectivity index (χ2v) is 7.68. The third-order valence-corrected chi connectivity index (χ3v) is 5.68. The first-order chi connectivity index (χ1) is 11.6. The summed E-state index contributed by atoms with van der Waals surface area (Å²) in [6.07, 6.45) is 4.81. The van der Waals surface area contributed by atoms with E-state index in [9.17, 15) is 4.79 Å². The van der Waals surface area contributed by atoms with Crippen LogP contribution in [0, 0.1) is 12.8 Å². The number of carbonyl (C=O) groups is 1. The number of benzene rings is 1. The summed E-state index contributed by atoms with van der Waals surface area (Å²) in [6.45, 7) is 4.78. The van der Waals surface area contributed by atoms with E-state index in [4.69, 9.17) is 4.74 Å². The quantitative estimate of drug-likeness (QED) is 0.834. The molecule has 1 saturated carbocycles. The molecule has 24 heavy (non-hydrogen) atoms. The summed E-state index contributed by atoms with van der Waals surface area (Å²) in [5, 5.41) is 5.22. The minimum Gasteiger partial charge on any atom is -0.489 e. The molecule has 2 aromatic rings. The molecule has 0 radical (unpaired) electrons.